The van der Waals surface area contributed by atoms with Gasteiger partial charge >= 0.3 is 5.97 Å². The fourth-order valence-electron chi connectivity index (χ4n) is 2.26. The summed E-state index contributed by atoms with van der Waals surface area (Å²) in [6.07, 6.45) is 0. The molecule has 0 bridgehead atoms. The lowest BCUT2D eigenvalue weighted by molar-refractivity contribution is 0.0691. The van der Waals surface area contributed by atoms with Crippen molar-refractivity contribution in [2.24, 2.45) is 0 Å². The molecule has 1 heterocycles. The first-order chi connectivity index (χ1) is 11.0. The van der Waals surface area contributed by atoms with E-state index in [9.17, 15) is 9.90 Å². The molecule has 1 N–H and O–H groups in total. The molecule has 0 unspecified atom stereocenters. The van der Waals surface area contributed by atoms with Crippen molar-refractivity contribution in [2.75, 3.05) is 0 Å². The highest BCUT2D eigenvalue weighted by atomic mass is 79.9. The molecule has 3 aromatic rings. The number of hydrogen-bond acceptors (Lipinski definition) is 3. The Hall–Kier alpha value is -2.18. The van der Waals surface area contributed by atoms with Crippen LogP contribution in [-0.4, -0.2) is 26.1 Å². The number of halogens is 2. The maximum Gasteiger partial charge on any atom is 0.358 e. The molecule has 0 saturated heterocycles. The molecular formula is C16H11BrClN3O2. The molecule has 0 aliphatic carbocycles. The fourth-order valence-corrected chi connectivity index (χ4v) is 2.70. The second-order valence-electron chi connectivity index (χ2n) is 4.95. The van der Waals surface area contributed by atoms with E-state index in [0.29, 0.717) is 16.3 Å². The summed E-state index contributed by atoms with van der Waals surface area (Å²) in [4.78, 5) is 11.5. The van der Waals surface area contributed by atoms with Crippen LogP contribution in [0.25, 0.3) is 16.9 Å². The zero-order valence-corrected chi connectivity index (χ0v) is 14.3. The van der Waals surface area contributed by atoms with Crippen molar-refractivity contribution >= 4 is 33.5 Å². The smallest absolute Gasteiger partial charge is 0.358 e. The number of carboxylic acid groups (broad SMARTS) is 1. The molecule has 0 saturated carbocycles. The lowest BCUT2D eigenvalue weighted by Crippen LogP contribution is -2.03. The summed E-state index contributed by atoms with van der Waals surface area (Å²) >= 11 is 9.48. The van der Waals surface area contributed by atoms with E-state index in [4.69, 9.17) is 11.6 Å². The van der Waals surface area contributed by atoms with Crippen molar-refractivity contribution in [3.8, 4) is 16.9 Å². The van der Waals surface area contributed by atoms with Crippen LogP contribution in [0, 0.1) is 6.92 Å². The van der Waals surface area contributed by atoms with Gasteiger partial charge in [0.15, 0.2) is 5.69 Å². The summed E-state index contributed by atoms with van der Waals surface area (Å²) in [5.41, 5.74) is 2.64. The van der Waals surface area contributed by atoms with Crippen molar-refractivity contribution in [3.63, 3.8) is 0 Å². The van der Waals surface area contributed by atoms with Crippen LogP contribution in [0.15, 0.2) is 46.9 Å². The summed E-state index contributed by atoms with van der Waals surface area (Å²) < 4.78 is 2.47. The van der Waals surface area contributed by atoms with Crippen molar-refractivity contribution in [3.05, 3.63) is 63.2 Å². The average molecular weight is 393 g/mol. The number of aromatic nitrogens is 3. The molecule has 0 fully saturated rings. The van der Waals surface area contributed by atoms with Gasteiger partial charge in [-0.05, 0) is 42.8 Å². The molecule has 23 heavy (non-hydrogen) atoms. The summed E-state index contributed by atoms with van der Waals surface area (Å²) in [5.74, 6) is -1.14. The van der Waals surface area contributed by atoms with Gasteiger partial charge in [0.2, 0.25) is 0 Å². The zero-order valence-electron chi connectivity index (χ0n) is 12.0. The molecular weight excluding hydrogens is 382 g/mol. The van der Waals surface area contributed by atoms with Crippen LogP contribution in [0.1, 0.15) is 16.1 Å². The highest BCUT2D eigenvalue weighted by molar-refractivity contribution is 9.10. The first-order valence-electron chi connectivity index (χ1n) is 6.69. The quantitative estimate of drug-likeness (QED) is 0.719. The van der Waals surface area contributed by atoms with E-state index < -0.39 is 5.97 Å². The van der Waals surface area contributed by atoms with E-state index in [-0.39, 0.29) is 5.69 Å². The Labute approximate surface area is 145 Å². The Morgan fingerprint density at radius 2 is 2.04 bits per heavy atom. The molecule has 0 spiro atoms. The van der Waals surface area contributed by atoms with Gasteiger partial charge in [0.05, 0.1) is 5.69 Å². The van der Waals surface area contributed by atoms with E-state index in [1.807, 2.05) is 25.1 Å². The number of carbonyl (C=O) groups is 1. The van der Waals surface area contributed by atoms with Crippen molar-refractivity contribution in [2.45, 2.75) is 6.92 Å². The third-order valence-corrected chi connectivity index (χ3v) is 4.48. The predicted molar refractivity (Wildman–Crippen MR) is 91.2 cm³/mol. The second kappa shape index (κ2) is 6.14. The lowest BCUT2D eigenvalue weighted by Gasteiger charge is -2.09. The minimum atomic E-state index is -1.14. The van der Waals surface area contributed by atoms with Crippen LogP contribution in [-0.2, 0) is 0 Å². The molecule has 2 aromatic carbocycles. The normalized spacial score (nSPS) is 10.7. The van der Waals surface area contributed by atoms with E-state index in [1.165, 1.54) is 4.68 Å². The van der Waals surface area contributed by atoms with Crippen LogP contribution in [0.4, 0.5) is 0 Å². The first-order valence-corrected chi connectivity index (χ1v) is 7.86. The molecule has 1 aromatic heterocycles. The maximum absolute atomic E-state index is 11.5. The minimum absolute atomic E-state index is 0.118. The molecule has 5 nitrogen and oxygen atoms in total. The van der Waals surface area contributed by atoms with Crippen LogP contribution in [0.3, 0.4) is 0 Å². The Morgan fingerprint density at radius 3 is 2.70 bits per heavy atom. The van der Waals surface area contributed by atoms with Gasteiger partial charge in [-0.3, -0.25) is 0 Å². The number of hydrogen-bond donors (Lipinski definition) is 1. The van der Waals surface area contributed by atoms with Crippen LogP contribution >= 0.6 is 27.5 Å². The Kier molecular flexibility index (Phi) is 4.19. The molecule has 0 aliphatic rings. The van der Waals surface area contributed by atoms with Crippen molar-refractivity contribution in [1.82, 2.24) is 15.0 Å². The Bertz CT molecular complexity index is 908. The number of nitrogens with zero attached hydrogens (tertiary/aromatic N) is 3. The van der Waals surface area contributed by atoms with Crippen LogP contribution < -0.4 is 0 Å². The average Bonchev–Trinajstić information content (AvgIpc) is 2.95. The molecule has 0 atom stereocenters. The fraction of sp³-hybridized carbons (Fsp3) is 0.0625. The van der Waals surface area contributed by atoms with Gasteiger partial charge < -0.3 is 5.11 Å². The van der Waals surface area contributed by atoms with Gasteiger partial charge in [-0.1, -0.05) is 44.9 Å². The molecule has 3 rings (SSSR count). The number of rotatable bonds is 3. The standard InChI is InChI=1S/C16H11BrClN3O2/c1-9-7-12(5-6-13(9)17)21-15(14(16(22)23)19-20-21)10-3-2-4-11(18)8-10/h2-8H,1H3,(H,22,23). The first kappa shape index (κ1) is 15.7. The SMILES string of the molecule is Cc1cc(-n2nnc(C(=O)O)c2-c2cccc(Cl)c2)ccc1Br. The topological polar surface area (TPSA) is 68.0 Å². The minimum Gasteiger partial charge on any atom is -0.476 e. The Balaban J connectivity index is 2.26. The van der Waals surface area contributed by atoms with Crippen molar-refractivity contribution < 1.29 is 9.90 Å². The summed E-state index contributed by atoms with van der Waals surface area (Å²) in [7, 11) is 0. The largest absolute Gasteiger partial charge is 0.476 e. The second-order valence-corrected chi connectivity index (χ2v) is 6.24. The Morgan fingerprint density at radius 1 is 1.26 bits per heavy atom. The summed E-state index contributed by atoms with van der Waals surface area (Å²) in [6, 6.07) is 12.6. The zero-order chi connectivity index (χ0) is 16.6. The third kappa shape index (κ3) is 3.00. The summed E-state index contributed by atoms with van der Waals surface area (Å²) in [5, 5.41) is 17.7. The number of aryl methyl sites for hydroxylation is 1. The molecule has 116 valence electrons. The van der Waals surface area contributed by atoms with Crippen LogP contribution in [0.5, 0.6) is 0 Å². The highest BCUT2D eigenvalue weighted by Crippen LogP contribution is 2.28. The number of carboxylic acids is 1. The van der Waals surface area contributed by atoms with Gasteiger partial charge in [0.25, 0.3) is 0 Å². The predicted octanol–water partition coefficient (Wildman–Crippen LogP) is 4.36. The molecule has 0 radical (unpaired) electrons. The molecule has 7 heteroatoms. The van der Waals surface area contributed by atoms with E-state index >= 15 is 0 Å². The third-order valence-electron chi connectivity index (χ3n) is 3.36. The number of benzene rings is 2. The highest BCUT2D eigenvalue weighted by Gasteiger charge is 2.21. The lowest BCUT2D eigenvalue weighted by atomic mass is 10.1. The van der Waals surface area contributed by atoms with E-state index in [1.54, 1.807) is 24.3 Å². The van der Waals surface area contributed by atoms with Gasteiger partial charge in [-0.15, -0.1) is 5.10 Å². The summed E-state index contributed by atoms with van der Waals surface area (Å²) in [6.45, 7) is 1.95. The van der Waals surface area contributed by atoms with E-state index in [2.05, 4.69) is 26.2 Å². The van der Waals surface area contributed by atoms with Gasteiger partial charge in [-0.2, -0.15) is 0 Å². The van der Waals surface area contributed by atoms with Gasteiger partial charge in [0, 0.05) is 15.1 Å². The van der Waals surface area contributed by atoms with Crippen LogP contribution in [0.2, 0.25) is 5.02 Å². The van der Waals surface area contributed by atoms with Gasteiger partial charge in [0.1, 0.15) is 5.69 Å². The number of aromatic carboxylic acids is 1. The van der Waals surface area contributed by atoms with Crippen molar-refractivity contribution in [1.29, 1.82) is 0 Å². The monoisotopic (exact) mass is 391 g/mol. The van der Waals surface area contributed by atoms with E-state index in [0.717, 1.165) is 15.7 Å². The maximum atomic E-state index is 11.5. The van der Waals surface area contributed by atoms with Gasteiger partial charge in [-0.25, -0.2) is 9.48 Å². The molecule has 0 aliphatic heterocycles. The molecule has 0 amide bonds.